The molecule has 0 aliphatic heterocycles. The highest BCUT2D eigenvalue weighted by molar-refractivity contribution is 9.10. The second-order valence-corrected chi connectivity index (χ2v) is 6.76. The fourth-order valence-corrected chi connectivity index (χ4v) is 3.24. The first-order valence-electron chi connectivity index (χ1n) is 7.03. The first-order valence-corrected chi connectivity index (χ1v) is 8.57. The summed E-state index contributed by atoms with van der Waals surface area (Å²) in [6, 6.07) is 7.14. The Morgan fingerprint density at radius 1 is 0.760 bits per heavy atom. The Kier molecular flexibility index (Phi) is 5.47. The summed E-state index contributed by atoms with van der Waals surface area (Å²) in [5.41, 5.74) is 0. The van der Waals surface area contributed by atoms with Crippen LogP contribution < -0.4 is 0 Å². The third kappa shape index (κ3) is 4.06. The van der Waals surface area contributed by atoms with Gasteiger partial charge < -0.3 is 0 Å². The zero-order valence-corrected chi connectivity index (χ0v) is 15.6. The first-order chi connectivity index (χ1) is 12.0. The second kappa shape index (κ2) is 7.60. The van der Waals surface area contributed by atoms with Crippen LogP contribution in [-0.4, -0.2) is 9.97 Å². The Balaban J connectivity index is 0.000000146. The third-order valence-corrected chi connectivity index (χ3v) is 4.67. The van der Waals surface area contributed by atoms with Crippen molar-refractivity contribution in [1.29, 1.82) is 0 Å². The molecule has 2 aromatic heterocycles. The molecule has 4 rings (SSSR count). The highest BCUT2D eigenvalue weighted by Gasteiger charge is 2.05. The average molecular weight is 442 g/mol. The number of halogens is 5. The van der Waals surface area contributed by atoms with E-state index in [1.807, 2.05) is 0 Å². The number of nitrogens with zero attached hydrogens (tertiary/aromatic N) is 2. The lowest BCUT2D eigenvalue weighted by Crippen LogP contribution is -1.82. The maximum Gasteiger partial charge on any atom is 0.125 e. The molecule has 0 spiro atoms. The zero-order chi connectivity index (χ0) is 18.0. The lowest BCUT2D eigenvalue weighted by Gasteiger charge is -2.01. The average Bonchev–Trinajstić information content (AvgIpc) is 2.56. The van der Waals surface area contributed by atoms with Crippen LogP contribution in [0.25, 0.3) is 21.5 Å². The smallest absolute Gasteiger partial charge is 0.125 e. The van der Waals surface area contributed by atoms with Crippen molar-refractivity contribution in [2.24, 2.45) is 0 Å². The van der Waals surface area contributed by atoms with E-state index in [-0.39, 0.29) is 11.6 Å². The van der Waals surface area contributed by atoms with Crippen molar-refractivity contribution in [3.63, 3.8) is 0 Å². The summed E-state index contributed by atoms with van der Waals surface area (Å²) in [7, 11) is 0. The summed E-state index contributed by atoms with van der Waals surface area (Å²) in [6.45, 7) is 0. The molecule has 0 bridgehead atoms. The molecule has 0 aliphatic rings. The Bertz CT molecular complexity index is 1070. The number of pyridine rings is 2. The fourth-order valence-electron chi connectivity index (χ4n) is 2.28. The van der Waals surface area contributed by atoms with Crippen LogP contribution >= 0.6 is 39.1 Å². The number of rotatable bonds is 0. The van der Waals surface area contributed by atoms with Crippen LogP contribution in [0, 0.1) is 11.6 Å². The number of hydrogen-bond acceptors (Lipinski definition) is 2. The summed E-state index contributed by atoms with van der Waals surface area (Å²) in [5, 5.41) is 3.81. The molecule has 0 saturated carbocycles. The van der Waals surface area contributed by atoms with Gasteiger partial charge in [0.05, 0.1) is 10.0 Å². The Hall–Kier alpha value is -1.82. The van der Waals surface area contributed by atoms with Crippen LogP contribution in [0.15, 0.2) is 59.6 Å². The van der Waals surface area contributed by atoms with Gasteiger partial charge in [0.25, 0.3) is 0 Å². The minimum atomic E-state index is -0.343. The topological polar surface area (TPSA) is 25.8 Å². The van der Waals surface area contributed by atoms with Gasteiger partial charge in [0.15, 0.2) is 0 Å². The standard InChI is InChI=1S/C9H4BrClFN.C9H5ClFN/c10-8-4-13-3-7-6(8)1-5(12)2-9(7)11;10-9-4-7(11)3-6-1-2-12-5-8(6)9/h1-4H;1-5H. The second-order valence-electron chi connectivity index (χ2n) is 5.09. The lowest BCUT2D eigenvalue weighted by atomic mass is 10.2. The molecule has 0 aliphatic carbocycles. The minimum Gasteiger partial charge on any atom is -0.264 e. The number of aromatic nitrogens is 2. The van der Waals surface area contributed by atoms with Gasteiger partial charge in [-0.3, -0.25) is 9.97 Å². The van der Waals surface area contributed by atoms with Gasteiger partial charge in [-0.2, -0.15) is 0 Å². The van der Waals surface area contributed by atoms with Crippen molar-refractivity contribution in [3.05, 3.63) is 81.3 Å². The molecule has 0 unspecified atom stereocenters. The van der Waals surface area contributed by atoms with Gasteiger partial charge in [-0.15, -0.1) is 0 Å². The normalized spacial score (nSPS) is 10.6. The lowest BCUT2D eigenvalue weighted by molar-refractivity contribution is 0.629. The SMILES string of the molecule is Fc1cc(Cl)c2cncc(Br)c2c1.Fc1cc(Cl)c2cnccc2c1. The zero-order valence-electron chi connectivity index (χ0n) is 12.5. The van der Waals surface area contributed by atoms with E-state index in [4.69, 9.17) is 23.2 Å². The van der Waals surface area contributed by atoms with Gasteiger partial charge in [0.1, 0.15) is 11.6 Å². The van der Waals surface area contributed by atoms with Crippen molar-refractivity contribution in [2.75, 3.05) is 0 Å². The van der Waals surface area contributed by atoms with E-state index in [0.717, 1.165) is 26.0 Å². The van der Waals surface area contributed by atoms with Crippen LogP contribution in [-0.2, 0) is 0 Å². The quantitative estimate of drug-likeness (QED) is 0.299. The molecule has 7 heteroatoms. The summed E-state index contributed by atoms with van der Waals surface area (Å²) < 4.78 is 26.5. The monoisotopic (exact) mass is 440 g/mol. The largest absolute Gasteiger partial charge is 0.264 e. The van der Waals surface area contributed by atoms with Crippen LogP contribution in [0.3, 0.4) is 0 Å². The predicted octanol–water partition coefficient (Wildman–Crippen LogP) is 6.82. The molecule has 25 heavy (non-hydrogen) atoms. The third-order valence-electron chi connectivity index (χ3n) is 3.41. The molecule has 0 fully saturated rings. The van der Waals surface area contributed by atoms with Crippen molar-refractivity contribution in [3.8, 4) is 0 Å². The van der Waals surface area contributed by atoms with Gasteiger partial charge in [0, 0.05) is 45.4 Å². The van der Waals surface area contributed by atoms with Crippen LogP contribution in [0.1, 0.15) is 0 Å². The van der Waals surface area contributed by atoms with E-state index in [9.17, 15) is 8.78 Å². The van der Waals surface area contributed by atoms with Crippen LogP contribution in [0.2, 0.25) is 10.0 Å². The van der Waals surface area contributed by atoms with Crippen LogP contribution in [0.4, 0.5) is 8.78 Å². The van der Waals surface area contributed by atoms with E-state index in [0.29, 0.717) is 10.0 Å². The summed E-state index contributed by atoms with van der Waals surface area (Å²) in [4.78, 5) is 7.85. The Labute approximate surface area is 160 Å². The van der Waals surface area contributed by atoms with Gasteiger partial charge in [0.2, 0.25) is 0 Å². The molecule has 4 aromatic rings. The van der Waals surface area contributed by atoms with Gasteiger partial charge in [-0.1, -0.05) is 23.2 Å². The molecular formula is C18H9BrCl2F2N2. The van der Waals surface area contributed by atoms with E-state index < -0.39 is 0 Å². The highest BCUT2D eigenvalue weighted by atomic mass is 79.9. The van der Waals surface area contributed by atoms with Crippen molar-refractivity contribution >= 4 is 60.7 Å². The summed E-state index contributed by atoms with van der Waals surface area (Å²) >= 11 is 14.9. The molecule has 2 aromatic carbocycles. The fraction of sp³-hybridized carbons (Fsp3) is 0. The highest BCUT2D eigenvalue weighted by Crippen LogP contribution is 2.29. The molecule has 2 nitrogen and oxygen atoms in total. The maximum atomic E-state index is 13.0. The molecule has 0 saturated heterocycles. The summed E-state index contributed by atoms with van der Waals surface area (Å²) in [6.07, 6.45) is 6.45. The van der Waals surface area contributed by atoms with E-state index in [2.05, 4.69) is 25.9 Å². The molecule has 126 valence electrons. The Morgan fingerprint density at radius 2 is 1.40 bits per heavy atom. The van der Waals surface area contributed by atoms with E-state index in [1.165, 1.54) is 24.3 Å². The maximum absolute atomic E-state index is 13.0. The molecule has 0 N–H and O–H groups in total. The number of fused-ring (bicyclic) bond motifs is 2. The van der Waals surface area contributed by atoms with Gasteiger partial charge >= 0.3 is 0 Å². The van der Waals surface area contributed by atoms with Crippen LogP contribution in [0.5, 0.6) is 0 Å². The Morgan fingerprint density at radius 3 is 2.16 bits per heavy atom. The molecule has 0 atom stereocenters. The van der Waals surface area contributed by atoms with Crippen molar-refractivity contribution in [2.45, 2.75) is 0 Å². The first kappa shape index (κ1) is 18.0. The van der Waals surface area contributed by atoms with Crippen molar-refractivity contribution in [1.82, 2.24) is 9.97 Å². The number of hydrogen-bond donors (Lipinski definition) is 0. The summed E-state index contributed by atoms with van der Waals surface area (Å²) in [5.74, 6) is -0.664. The molecule has 2 heterocycles. The molecular weight excluding hydrogens is 433 g/mol. The molecule has 0 radical (unpaired) electrons. The van der Waals surface area contributed by atoms with Gasteiger partial charge in [-0.25, -0.2) is 8.78 Å². The van der Waals surface area contributed by atoms with E-state index in [1.54, 1.807) is 30.9 Å². The van der Waals surface area contributed by atoms with Crippen molar-refractivity contribution < 1.29 is 8.78 Å². The number of benzene rings is 2. The van der Waals surface area contributed by atoms with E-state index >= 15 is 0 Å². The predicted molar refractivity (Wildman–Crippen MR) is 101 cm³/mol. The molecule has 0 amide bonds. The minimum absolute atomic E-state index is 0.321. The van der Waals surface area contributed by atoms with Gasteiger partial charge in [-0.05, 0) is 51.6 Å².